The van der Waals surface area contributed by atoms with Crippen molar-refractivity contribution in [2.75, 3.05) is 0 Å². The number of hydrogen-bond donors (Lipinski definition) is 1. The van der Waals surface area contributed by atoms with E-state index in [1.165, 1.54) is 6.07 Å². The fourth-order valence-electron chi connectivity index (χ4n) is 1.62. The maximum atomic E-state index is 12.7. The zero-order valence-electron chi connectivity index (χ0n) is 9.85. The first-order chi connectivity index (χ1) is 8.52. The predicted molar refractivity (Wildman–Crippen MR) is 65.9 cm³/mol. The van der Waals surface area contributed by atoms with Gasteiger partial charge in [0.05, 0.1) is 5.56 Å². The summed E-state index contributed by atoms with van der Waals surface area (Å²) in [5.41, 5.74) is 3.81. The fraction of sp³-hybridized carbons (Fsp3) is 0.455. The maximum absolute atomic E-state index is 12.7. The molecule has 2 N–H and O–H groups in total. The summed E-state index contributed by atoms with van der Waals surface area (Å²) in [7, 11) is 0. The van der Waals surface area contributed by atoms with Crippen LogP contribution in [0.15, 0.2) is 18.2 Å². The minimum atomic E-state index is -4.71. The van der Waals surface area contributed by atoms with Crippen LogP contribution >= 0.6 is 24.0 Å². The van der Waals surface area contributed by atoms with E-state index in [1.54, 1.807) is 0 Å². The van der Waals surface area contributed by atoms with Gasteiger partial charge >= 0.3 is 12.4 Å². The van der Waals surface area contributed by atoms with E-state index in [1.807, 2.05) is 0 Å². The van der Waals surface area contributed by atoms with Crippen molar-refractivity contribution in [3.8, 4) is 0 Å². The molecule has 1 atom stereocenters. The lowest BCUT2D eigenvalue weighted by Crippen LogP contribution is -2.20. The van der Waals surface area contributed by atoms with Crippen molar-refractivity contribution in [3.05, 3.63) is 34.3 Å². The largest absolute Gasteiger partial charge is 0.416 e. The van der Waals surface area contributed by atoms with Crippen molar-refractivity contribution in [2.24, 2.45) is 5.73 Å². The highest BCUT2D eigenvalue weighted by Gasteiger charge is 2.36. The molecule has 0 aliphatic carbocycles. The van der Waals surface area contributed by atoms with E-state index in [0.717, 1.165) is 12.1 Å². The van der Waals surface area contributed by atoms with Gasteiger partial charge in [0, 0.05) is 17.5 Å². The van der Waals surface area contributed by atoms with Gasteiger partial charge in [-0.1, -0.05) is 17.7 Å². The smallest absolute Gasteiger partial charge is 0.324 e. The van der Waals surface area contributed by atoms with Crippen LogP contribution in [0.3, 0.4) is 0 Å². The Morgan fingerprint density at radius 1 is 1.10 bits per heavy atom. The fourth-order valence-corrected chi connectivity index (χ4v) is 1.94. The topological polar surface area (TPSA) is 26.0 Å². The molecule has 0 saturated carbocycles. The Hall–Kier alpha value is -0.660. The van der Waals surface area contributed by atoms with Crippen LogP contribution in [0, 0.1) is 0 Å². The minimum absolute atomic E-state index is 0. The molecule has 0 aliphatic heterocycles. The Balaban J connectivity index is 0.00000361. The first kappa shape index (κ1) is 19.3. The second-order valence-corrected chi connectivity index (χ2v) is 4.37. The van der Waals surface area contributed by atoms with Crippen LogP contribution < -0.4 is 5.73 Å². The quantitative estimate of drug-likeness (QED) is 0.758. The highest BCUT2D eigenvalue weighted by molar-refractivity contribution is 6.31. The maximum Gasteiger partial charge on any atom is 0.416 e. The summed E-state index contributed by atoms with van der Waals surface area (Å²) in [6.07, 6.45) is -11.1. The summed E-state index contributed by atoms with van der Waals surface area (Å²) in [6, 6.07) is 1.56. The van der Waals surface area contributed by atoms with Crippen molar-refractivity contribution in [3.63, 3.8) is 0 Å². The Bertz CT molecular complexity index is 444. The van der Waals surface area contributed by atoms with E-state index >= 15 is 0 Å². The molecule has 0 bridgehead atoms. The zero-order chi connectivity index (χ0) is 14.8. The average Bonchev–Trinajstić information content (AvgIpc) is 2.23. The highest BCUT2D eigenvalue weighted by Crippen LogP contribution is 2.39. The minimum Gasteiger partial charge on any atom is -0.324 e. The van der Waals surface area contributed by atoms with Crippen LogP contribution in [-0.2, 0) is 6.18 Å². The van der Waals surface area contributed by atoms with Crippen molar-refractivity contribution in [2.45, 2.75) is 31.2 Å². The molecule has 0 aliphatic rings. The van der Waals surface area contributed by atoms with Gasteiger partial charge < -0.3 is 5.73 Å². The molecule has 1 aromatic rings. The van der Waals surface area contributed by atoms with Crippen LogP contribution in [0.25, 0.3) is 0 Å². The zero-order valence-corrected chi connectivity index (χ0v) is 11.4. The molecule has 1 rings (SSSR count). The number of alkyl halides is 6. The van der Waals surface area contributed by atoms with Crippen LogP contribution in [-0.4, -0.2) is 6.18 Å². The summed E-state index contributed by atoms with van der Waals surface area (Å²) < 4.78 is 74.3. The summed E-state index contributed by atoms with van der Waals surface area (Å²) in [4.78, 5) is 0. The van der Waals surface area contributed by atoms with Gasteiger partial charge in [-0.3, -0.25) is 0 Å². The molecule has 20 heavy (non-hydrogen) atoms. The Morgan fingerprint density at radius 3 is 2.10 bits per heavy atom. The number of nitrogens with two attached hydrogens (primary N) is 1. The molecule has 1 nitrogen and oxygen atoms in total. The van der Waals surface area contributed by atoms with Crippen molar-refractivity contribution in [1.29, 1.82) is 0 Å². The van der Waals surface area contributed by atoms with Crippen LogP contribution in [0.1, 0.15) is 30.0 Å². The lowest BCUT2D eigenvalue weighted by atomic mass is 9.97. The molecular formula is C11H11Cl2F6N. The second kappa shape index (κ2) is 6.87. The molecule has 116 valence electrons. The molecular weight excluding hydrogens is 331 g/mol. The summed E-state index contributed by atoms with van der Waals surface area (Å²) in [6.45, 7) is 0. The van der Waals surface area contributed by atoms with E-state index in [0.29, 0.717) is 0 Å². The number of halogens is 8. The van der Waals surface area contributed by atoms with E-state index in [9.17, 15) is 26.3 Å². The van der Waals surface area contributed by atoms with Gasteiger partial charge in [-0.05, 0) is 24.1 Å². The number of benzene rings is 1. The van der Waals surface area contributed by atoms with Crippen LogP contribution in [0.5, 0.6) is 0 Å². The molecule has 0 radical (unpaired) electrons. The monoisotopic (exact) mass is 341 g/mol. The molecule has 0 aromatic heterocycles. The van der Waals surface area contributed by atoms with Crippen LogP contribution in [0.4, 0.5) is 26.3 Å². The SMILES string of the molecule is Cl.N[C@H](CCC(F)(F)F)c1c(Cl)cccc1C(F)(F)F. The first-order valence-electron chi connectivity index (χ1n) is 5.20. The van der Waals surface area contributed by atoms with Gasteiger partial charge in [0.15, 0.2) is 0 Å². The van der Waals surface area contributed by atoms with Gasteiger partial charge in [-0.25, -0.2) is 0 Å². The summed E-state index contributed by atoms with van der Waals surface area (Å²) in [5, 5.41) is -0.288. The van der Waals surface area contributed by atoms with E-state index < -0.39 is 42.4 Å². The lowest BCUT2D eigenvalue weighted by Gasteiger charge is -2.20. The molecule has 0 saturated heterocycles. The standard InChI is InChI=1S/C11H10ClF6N.ClH/c12-7-3-1-2-6(11(16,17)18)9(7)8(19)4-5-10(13,14)15;/h1-3,8H,4-5,19H2;1H/t8-;/m1./s1. The molecule has 0 unspecified atom stereocenters. The van der Waals surface area contributed by atoms with Gasteiger partial charge in [0.1, 0.15) is 0 Å². The average molecular weight is 342 g/mol. The van der Waals surface area contributed by atoms with Crippen molar-refractivity contribution < 1.29 is 26.3 Å². The molecule has 0 fully saturated rings. The summed E-state index contributed by atoms with van der Waals surface area (Å²) in [5.74, 6) is 0. The predicted octanol–water partition coefficient (Wildman–Crippen LogP) is 5.12. The Morgan fingerprint density at radius 2 is 1.65 bits per heavy atom. The molecule has 0 amide bonds. The molecule has 1 aromatic carbocycles. The third kappa shape index (κ3) is 5.38. The highest BCUT2D eigenvalue weighted by atomic mass is 35.5. The van der Waals surface area contributed by atoms with Gasteiger partial charge in [0.2, 0.25) is 0 Å². The second-order valence-electron chi connectivity index (χ2n) is 3.96. The molecule has 0 heterocycles. The van der Waals surface area contributed by atoms with Crippen molar-refractivity contribution >= 4 is 24.0 Å². The summed E-state index contributed by atoms with van der Waals surface area (Å²) >= 11 is 5.62. The number of hydrogen-bond acceptors (Lipinski definition) is 1. The van der Waals surface area contributed by atoms with E-state index in [4.69, 9.17) is 17.3 Å². The third-order valence-electron chi connectivity index (χ3n) is 2.47. The number of rotatable bonds is 3. The van der Waals surface area contributed by atoms with Gasteiger partial charge in [-0.15, -0.1) is 12.4 Å². The first-order valence-corrected chi connectivity index (χ1v) is 5.58. The van der Waals surface area contributed by atoms with E-state index in [2.05, 4.69) is 0 Å². The Labute approximate surface area is 122 Å². The Kier molecular flexibility index (Phi) is 6.64. The van der Waals surface area contributed by atoms with Crippen molar-refractivity contribution in [1.82, 2.24) is 0 Å². The lowest BCUT2D eigenvalue weighted by molar-refractivity contribution is -0.139. The molecule has 9 heteroatoms. The van der Waals surface area contributed by atoms with Gasteiger partial charge in [0.25, 0.3) is 0 Å². The third-order valence-corrected chi connectivity index (χ3v) is 2.80. The normalized spacial score (nSPS) is 13.8. The van der Waals surface area contributed by atoms with E-state index in [-0.39, 0.29) is 17.4 Å². The van der Waals surface area contributed by atoms with Gasteiger partial charge in [-0.2, -0.15) is 26.3 Å². The molecule has 0 spiro atoms. The van der Waals surface area contributed by atoms with Crippen LogP contribution in [0.2, 0.25) is 5.02 Å².